The normalized spacial score (nSPS) is 32.1. The van der Waals surface area contributed by atoms with Crippen molar-refractivity contribution >= 4 is 5.97 Å². The lowest BCUT2D eigenvalue weighted by atomic mass is 9.96. The SMILES string of the molecule is COC(=O)C12CC1(C)CCC2Oc1nc(OC)cc(OC)n1. The molecule has 0 amide bonds. The summed E-state index contributed by atoms with van der Waals surface area (Å²) in [5.74, 6) is 0.489. The quantitative estimate of drug-likeness (QED) is 0.764. The molecule has 7 heteroatoms. The van der Waals surface area contributed by atoms with E-state index in [-0.39, 0.29) is 23.5 Å². The van der Waals surface area contributed by atoms with E-state index >= 15 is 0 Å². The predicted molar refractivity (Wildman–Crippen MR) is 76.0 cm³/mol. The minimum absolute atomic E-state index is 0.0479. The average molecular weight is 308 g/mol. The van der Waals surface area contributed by atoms with E-state index < -0.39 is 5.41 Å². The van der Waals surface area contributed by atoms with Gasteiger partial charge < -0.3 is 18.9 Å². The highest BCUT2D eigenvalue weighted by Crippen LogP contribution is 2.74. The number of nitrogens with zero attached hydrogens (tertiary/aromatic N) is 2. The summed E-state index contributed by atoms with van der Waals surface area (Å²) >= 11 is 0. The van der Waals surface area contributed by atoms with Crippen LogP contribution in [0.2, 0.25) is 0 Å². The molecule has 2 fully saturated rings. The first kappa shape index (κ1) is 14.9. The Morgan fingerprint density at radius 1 is 1.23 bits per heavy atom. The molecular weight excluding hydrogens is 288 g/mol. The van der Waals surface area contributed by atoms with Gasteiger partial charge in [0.15, 0.2) is 0 Å². The number of fused-ring (bicyclic) bond motifs is 1. The number of carbonyl (C=O) groups excluding carboxylic acids is 1. The maximum Gasteiger partial charge on any atom is 0.323 e. The van der Waals surface area contributed by atoms with Crippen molar-refractivity contribution in [3.63, 3.8) is 0 Å². The van der Waals surface area contributed by atoms with E-state index in [0.717, 1.165) is 19.3 Å². The maximum absolute atomic E-state index is 12.2. The fourth-order valence-electron chi connectivity index (χ4n) is 3.65. The monoisotopic (exact) mass is 308 g/mol. The zero-order valence-corrected chi connectivity index (χ0v) is 13.2. The molecular formula is C15H20N2O5. The Morgan fingerprint density at radius 2 is 1.86 bits per heavy atom. The van der Waals surface area contributed by atoms with Gasteiger partial charge in [0.25, 0.3) is 0 Å². The van der Waals surface area contributed by atoms with Crippen LogP contribution in [0.1, 0.15) is 26.2 Å². The van der Waals surface area contributed by atoms with Gasteiger partial charge in [-0.3, -0.25) is 4.79 Å². The molecule has 22 heavy (non-hydrogen) atoms. The minimum atomic E-state index is -0.582. The van der Waals surface area contributed by atoms with Gasteiger partial charge in [-0.25, -0.2) is 0 Å². The lowest BCUT2D eigenvalue weighted by Gasteiger charge is -2.22. The molecule has 120 valence electrons. The third-order valence-electron chi connectivity index (χ3n) is 5.00. The molecule has 0 aliphatic heterocycles. The molecule has 0 N–H and O–H groups in total. The van der Waals surface area contributed by atoms with Crippen LogP contribution in [0.25, 0.3) is 0 Å². The van der Waals surface area contributed by atoms with Gasteiger partial charge in [-0.15, -0.1) is 0 Å². The third kappa shape index (κ3) is 1.99. The van der Waals surface area contributed by atoms with Crippen LogP contribution < -0.4 is 14.2 Å². The fourth-order valence-corrected chi connectivity index (χ4v) is 3.65. The fraction of sp³-hybridized carbons (Fsp3) is 0.667. The van der Waals surface area contributed by atoms with Crippen molar-refractivity contribution in [1.29, 1.82) is 0 Å². The standard InChI is InChI=1S/C15H20N2O5/c1-14-6-5-9(15(14,8-14)12(18)21-4)22-13-16-10(19-2)7-11(17-13)20-3/h7,9H,5-6,8H2,1-4H3. The smallest absolute Gasteiger partial charge is 0.323 e. The van der Waals surface area contributed by atoms with Crippen molar-refractivity contribution in [2.24, 2.45) is 10.8 Å². The first-order valence-corrected chi connectivity index (χ1v) is 7.21. The van der Waals surface area contributed by atoms with E-state index in [1.54, 1.807) is 6.07 Å². The van der Waals surface area contributed by atoms with Gasteiger partial charge in [0, 0.05) is 0 Å². The Bertz CT molecular complexity index is 585. The summed E-state index contributed by atoms with van der Waals surface area (Å²) in [6.07, 6.45) is 2.18. The van der Waals surface area contributed by atoms with Crippen LogP contribution in [0.3, 0.4) is 0 Å². The molecule has 1 aromatic heterocycles. The van der Waals surface area contributed by atoms with Crippen molar-refractivity contribution in [2.75, 3.05) is 21.3 Å². The molecule has 1 aromatic rings. The molecule has 1 heterocycles. The lowest BCUT2D eigenvalue weighted by molar-refractivity contribution is -0.151. The van der Waals surface area contributed by atoms with Gasteiger partial charge in [-0.2, -0.15) is 9.97 Å². The van der Waals surface area contributed by atoms with Gasteiger partial charge in [-0.1, -0.05) is 6.92 Å². The number of rotatable bonds is 5. The molecule has 0 radical (unpaired) electrons. The van der Waals surface area contributed by atoms with Gasteiger partial charge in [-0.05, 0) is 24.7 Å². The molecule has 2 saturated carbocycles. The van der Waals surface area contributed by atoms with Gasteiger partial charge in [0.1, 0.15) is 11.5 Å². The molecule has 3 unspecified atom stereocenters. The Morgan fingerprint density at radius 3 is 2.36 bits per heavy atom. The van der Waals surface area contributed by atoms with E-state index in [2.05, 4.69) is 16.9 Å². The summed E-state index contributed by atoms with van der Waals surface area (Å²) in [5, 5.41) is 0. The number of carbonyl (C=O) groups is 1. The number of methoxy groups -OCH3 is 3. The molecule has 2 aliphatic carbocycles. The second kappa shape index (κ2) is 5.00. The first-order chi connectivity index (χ1) is 10.5. The van der Waals surface area contributed by atoms with E-state index in [9.17, 15) is 4.79 Å². The minimum Gasteiger partial charge on any atom is -0.481 e. The van der Waals surface area contributed by atoms with Crippen molar-refractivity contribution in [1.82, 2.24) is 9.97 Å². The molecule has 3 rings (SSSR count). The Kier molecular flexibility index (Phi) is 3.38. The van der Waals surface area contributed by atoms with Gasteiger partial charge >= 0.3 is 12.0 Å². The van der Waals surface area contributed by atoms with Crippen molar-refractivity contribution in [3.8, 4) is 17.8 Å². The van der Waals surface area contributed by atoms with Crippen molar-refractivity contribution in [3.05, 3.63) is 6.07 Å². The second-order valence-electron chi connectivity index (χ2n) is 6.08. The predicted octanol–water partition coefficient (Wildman–Crippen LogP) is 1.60. The molecule has 7 nitrogen and oxygen atoms in total. The maximum atomic E-state index is 12.2. The largest absolute Gasteiger partial charge is 0.481 e. The lowest BCUT2D eigenvalue weighted by Crippen LogP contribution is -2.35. The number of hydrogen-bond donors (Lipinski definition) is 0. The summed E-state index contributed by atoms with van der Waals surface area (Å²) in [4.78, 5) is 20.6. The third-order valence-corrected chi connectivity index (χ3v) is 5.00. The highest BCUT2D eigenvalue weighted by Gasteiger charge is 2.77. The summed E-state index contributed by atoms with van der Waals surface area (Å²) in [6, 6.07) is 1.72. The number of aromatic nitrogens is 2. The number of esters is 1. The van der Waals surface area contributed by atoms with E-state index in [0.29, 0.717) is 11.8 Å². The van der Waals surface area contributed by atoms with Crippen LogP contribution in [0, 0.1) is 10.8 Å². The van der Waals surface area contributed by atoms with Crippen LogP contribution in [0.15, 0.2) is 6.07 Å². The Balaban J connectivity index is 1.86. The van der Waals surface area contributed by atoms with Crippen molar-refractivity contribution < 1.29 is 23.7 Å². The Labute approximate surface area is 128 Å². The summed E-state index contributed by atoms with van der Waals surface area (Å²) in [5.41, 5.74) is -0.630. The topological polar surface area (TPSA) is 79.8 Å². The van der Waals surface area contributed by atoms with Crippen LogP contribution in [0.4, 0.5) is 0 Å². The highest BCUT2D eigenvalue weighted by molar-refractivity contribution is 5.83. The molecule has 2 aliphatic rings. The average Bonchev–Trinajstić information content (AvgIpc) is 3.08. The van der Waals surface area contributed by atoms with E-state index in [1.807, 2.05) is 0 Å². The highest BCUT2D eigenvalue weighted by atomic mass is 16.5. The van der Waals surface area contributed by atoms with Gasteiger partial charge in [0.2, 0.25) is 11.8 Å². The summed E-state index contributed by atoms with van der Waals surface area (Å²) in [7, 11) is 4.43. The van der Waals surface area contributed by atoms with Crippen LogP contribution in [-0.4, -0.2) is 43.4 Å². The summed E-state index contributed by atoms with van der Waals surface area (Å²) in [6.45, 7) is 2.10. The van der Waals surface area contributed by atoms with Crippen molar-refractivity contribution in [2.45, 2.75) is 32.3 Å². The zero-order chi connectivity index (χ0) is 16.0. The number of hydrogen-bond acceptors (Lipinski definition) is 7. The molecule has 3 atom stereocenters. The molecule has 0 saturated heterocycles. The molecule has 0 spiro atoms. The zero-order valence-electron chi connectivity index (χ0n) is 13.2. The van der Waals surface area contributed by atoms with Crippen LogP contribution in [-0.2, 0) is 9.53 Å². The van der Waals surface area contributed by atoms with Gasteiger partial charge in [0.05, 0.1) is 27.4 Å². The molecule has 0 bridgehead atoms. The summed E-state index contributed by atoms with van der Waals surface area (Å²) < 4.78 is 21.1. The number of ether oxygens (including phenoxy) is 4. The Hall–Kier alpha value is -2.05. The first-order valence-electron chi connectivity index (χ1n) is 7.21. The second-order valence-corrected chi connectivity index (χ2v) is 6.08. The van der Waals surface area contributed by atoms with E-state index in [4.69, 9.17) is 18.9 Å². The van der Waals surface area contributed by atoms with Crippen LogP contribution >= 0.6 is 0 Å². The van der Waals surface area contributed by atoms with Crippen LogP contribution in [0.5, 0.6) is 17.8 Å². The van der Waals surface area contributed by atoms with E-state index in [1.165, 1.54) is 21.3 Å². The molecule has 0 aromatic carbocycles.